The minimum atomic E-state index is 0. The Morgan fingerprint density at radius 3 is 2.11 bits per heavy atom. The maximum absolute atomic E-state index is 5.43. The Morgan fingerprint density at radius 1 is 1.00 bits per heavy atom. The van der Waals surface area contributed by atoms with E-state index in [4.69, 9.17) is 4.74 Å². The highest BCUT2D eigenvalue weighted by molar-refractivity contribution is 5.85. The number of halogens is 1. The van der Waals surface area contributed by atoms with Crippen molar-refractivity contribution in [2.75, 3.05) is 45.7 Å². The molecular formula is C14H25ClN2O. The molecule has 0 fully saturated rings. The molecule has 0 unspecified atom stereocenters. The van der Waals surface area contributed by atoms with Crippen molar-refractivity contribution in [3.63, 3.8) is 0 Å². The minimum absolute atomic E-state index is 0. The van der Waals surface area contributed by atoms with Crippen molar-refractivity contribution in [3.8, 4) is 5.75 Å². The Morgan fingerprint density at radius 2 is 1.61 bits per heavy atom. The third-order valence-electron chi connectivity index (χ3n) is 2.69. The first-order chi connectivity index (χ1) is 8.13. The van der Waals surface area contributed by atoms with E-state index < -0.39 is 0 Å². The van der Waals surface area contributed by atoms with Crippen molar-refractivity contribution >= 4 is 18.1 Å². The Hall–Kier alpha value is -0.930. The number of anilines is 1. The zero-order valence-corrected chi connectivity index (χ0v) is 12.7. The predicted octanol–water partition coefficient (Wildman–Crippen LogP) is 2.90. The molecule has 0 aliphatic rings. The summed E-state index contributed by atoms with van der Waals surface area (Å²) in [5.74, 6) is 0.943. The standard InChI is InChI=1S/C14H24N2O.ClH/c1-5-17-14-9-7-13(8-10-14)16(4)12-6-11-15(2)3;/h7-10H,5-6,11-12H2,1-4H3;1H. The highest BCUT2D eigenvalue weighted by atomic mass is 35.5. The van der Waals surface area contributed by atoms with E-state index in [-0.39, 0.29) is 12.4 Å². The van der Waals surface area contributed by atoms with Gasteiger partial charge in [0.15, 0.2) is 0 Å². The van der Waals surface area contributed by atoms with Gasteiger partial charge in [-0.05, 0) is 58.3 Å². The summed E-state index contributed by atoms with van der Waals surface area (Å²) in [6.45, 7) is 4.92. The first kappa shape index (κ1) is 17.1. The molecular weight excluding hydrogens is 248 g/mol. The fourth-order valence-corrected chi connectivity index (χ4v) is 1.72. The van der Waals surface area contributed by atoms with Crippen molar-refractivity contribution in [1.29, 1.82) is 0 Å². The van der Waals surface area contributed by atoms with E-state index in [1.807, 2.05) is 19.1 Å². The number of benzene rings is 1. The first-order valence-electron chi connectivity index (χ1n) is 6.22. The normalized spacial score (nSPS) is 10.1. The summed E-state index contributed by atoms with van der Waals surface area (Å²) in [5, 5.41) is 0. The average Bonchev–Trinajstić information content (AvgIpc) is 2.30. The summed E-state index contributed by atoms with van der Waals surface area (Å²) >= 11 is 0. The number of ether oxygens (including phenoxy) is 1. The molecule has 1 aromatic rings. The summed E-state index contributed by atoms with van der Waals surface area (Å²) in [6.07, 6.45) is 1.18. The molecule has 0 aromatic heterocycles. The van der Waals surface area contributed by atoms with Crippen molar-refractivity contribution in [3.05, 3.63) is 24.3 Å². The van der Waals surface area contributed by atoms with Gasteiger partial charge in [-0.1, -0.05) is 0 Å². The van der Waals surface area contributed by atoms with Gasteiger partial charge in [-0.2, -0.15) is 0 Å². The summed E-state index contributed by atoms with van der Waals surface area (Å²) in [4.78, 5) is 4.49. The summed E-state index contributed by atoms with van der Waals surface area (Å²) in [6, 6.07) is 8.28. The van der Waals surface area contributed by atoms with E-state index in [9.17, 15) is 0 Å². The van der Waals surface area contributed by atoms with Crippen LogP contribution in [0.25, 0.3) is 0 Å². The molecule has 0 saturated carbocycles. The molecule has 104 valence electrons. The predicted molar refractivity (Wildman–Crippen MR) is 81.3 cm³/mol. The quantitative estimate of drug-likeness (QED) is 0.759. The average molecular weight is 273 g/mol. The third kappa shape index (κ3) is 6.12. The maximum atomic E-state index is 5.43. The molecule has 0 aliphatic carbocycles. The minimum Gasteiger partial charge on any atom is -0.494 e. The van der Waals surface area contributed by atoms with Gasteiger partial charge in [-0.3, -0.25) is 0 Å². The fourth-order valence-electron chi connectivity index (χ4n) is 1.72. The second-order valence-electron chi connectivity index (χ2n) is 4.51. The van der Waals surface area contributed by atoms with Gasteiger partial charge in [0.2, 0.25) is 0 Å². The van der Waals surface area contributed by atoms with Crippen molar-refractivity contribution in [1.82, 2.24) is 4.90 Å². The molecule has 4 heteroatoms. The molecule has 0 spiro atoms. The van der Waals surface area contributed by atoms with E-state index in [0.717, 1.165) is 25.4 Å². The molecule has 3 nitrogen and oxygen atoms in total. The lowest BCUT2D eigenvalue weighted by molar-refractivity contribution is 0.340. The van der Waals surface area contributed by atoms with Crippen LogP contribution in [0.3, 0.4) is 0 Å². The number of rotatable bonds is 7. The molecule has 0 amide bonds. The second-order valence-corrected chi connectivity index (χ2v) is 4.51. The van der Waals surface area contributed by atoms with Crippen LogP contribution in [-0.4, -0.2) is 45.7 Å². The van der Waals surface area contributed by atoms with Crippen LogP contribution in [0.4, 0.5) is 5.69 Å². The fraction of sp³-hybridized carbons (Fsp3) is 0.571. The lowest BCUT2D eigenvalue weighted by Crippen LogP contribution is -2.23. The smallest absolute Gasteiger partial charge is 0.119 e. The van der Waals surface area contributed by atoms with E-state index in [1.165, 1.54) is 12.1 Å². The van der Waals surface area contributed by atoms with Gasteiger partial charge in [0, 0.05) is 19.3 Å². The number of hydrogen-bond acceptors (Lipinski definition) is 3. The molecule has 18 heavy (non-hydrogen) atoms. The highest BCUT2D eigenvalue weighted by Crippen LogP contribution is 2.18. The molecule has 0 atom stereocenters. The molecule has 0 bridgehead atoms. The van der Waals surface area contributed by atoms with Gasteiger partial charge in [0.25, 0.3) is 0 Å². The van der Waals surface area contributed by atoms with Crippen LogP contribution in [0.2, 0.25) is 0 Å². The second kappa shape index (κ2) is 9.06. The Bertz CT molecular complexity index is 314. The third-order valence-corrected chi connectivity index (χ3v) is 2.69. The monoisotopic (exact) mass is 272 g/mol. The largest absolute Gasteiger partial charge is 0.494 e. The van der Waals surface area contributed by atoms with E-state index in [0.29, 0.717) is 0 Å². The van der Waals surface area contributed by atoms with Crippen LogP contribution >= 0.6 is 12.4 Å². The van der Waals surface area contributed by atoms with Gasteiger partial charge in [-0.25, -0.2) is 0 Å². The van der Waals surface area contributed by atoms with Crippen LogP contribution in [0.5, 0.6) is 5.75 Å². The van der Waals surface area contributed by atoms with Gasteiger partial charge in [0.05, 0.1) is 6.61 Å². The van der Waals surface area contributed by atoms with Gasteiger partial charge < -0.3 is 14.5 Å². The zero-order chi connectivity index (χ0) is 12.7. The molecule has 1 rings (SSSR count). The van der Waals surface area contributed by atoms with Crippen LogP contribution in [0.15, 0.2) is 24.3 Å². The summed E-state index contributed by atoms with van der Waals surface area (Å²) < 4.78 is 5.43. The zero-order valence-electron chi connectivity index (χ0n) is 11.8. The molecule has 1 aromatic carbocycles. The lowest BCUT2D eigenvalue weighted by atomic mass is 10.2. The summed E-state index contributed by atoms with van der Waals surface area (Å²) in [7, 11) is 6.35. The van der Waals surface area contributed by atoms with Crippen molar-refractivity contribution in [2.24, 2.45) is 0 Å². The topological polar surface area (TPSA) is 15.7 Å². The lowest BCUT2D eigenvalue weighted by Gasteiger charge is -2.20. The van der Waals surface area contributed by atoms with E-state index in [1.54, 1.807) is 0 Å². The maximum Gasteiger partial charge on any atom is 0.119 e. The summed E-state index contributed by atoms with van der Waals surface area (Å²) in [5.41, 5.74) is 1.24. The first-order valence-corrected chi connectivity index (χ1v) is 6.22. The van der Waals surface area contributed by atoms with Crippen LogP contribution in [-0.2, 0) is 0 Å². The molecule has 0 N–H and O–H groups in total. The Labute approximate surface area is 117 Å². The number of hydrogen-bond donors (Lipinski definition) is 0. The van der Waals surface area contributed by atoms with Gasteiger partial charge in [0.1, 0.15) is 5.75 Å². The SMILES string of the molecule is CCOc1ccc(N(C)CCCN(C)C)cc1.Cl. The molecule has 0 radical (unpaired) electrons. The number of nitrogens with zero attached hydrogens (tertiary/aromatic N) is 2. The Kier molecular flexibility index (Phi) is 8.59. The molecule has 0 aliphatic heterocycles. The molecule has 0 heterocycles. The van der Waals surface area contributed by atoms with E-state index >= 15 is 0 Å². The van der Waals surface area contributed by atoms with Crippen LogP contribution in [0.1, 0.15) is 13.3 Å². The Balaban J connectivity index is 0.00000289. The van der Waals surface area contributed by atoms with Gasteiger partial charge >= 0.3 is 0 Å². The van der Waals surface area contributed by atoms with Crippen LogP contribution < -0.4 is 9.64 Å². The van der Waals surface area contributed by atoms with Crippen molar-refractivity contribution in [2.45, 2.75) is 13.3 Å². The van der Waals surface area contributed by atoms with Crippen molar-refractivity contribution < 1.29 is 4.74 Å². The van der Waals surface area contributed by atoms with Crippen LogP contribution in [0, 0.1) is 0 Å². The van der Waals surface area contributed by atoms with E-state index in [2.05, 4.69) is 43.1 Å². The van der Waals surface area contributed by atoms with Gasteiger partial charge in [-0.15, -0.1) is 12.4 Å². The molecule has 0 saturated heterocycles. The highest BCUT2D eigenvalue weighted by Gasteiger charge is 2.01.